The number of nitrogens with one attached hydrogen (secondary N) is 2. The fourth-order valence-electron chi connectivity index (χ4n) is 3.56. The Labute approximate surface area is 217 Å². The largest absolute Gasteiger partial charge is 0.350 e. The van der Waals surface area contributed by atoms with E-state index in [0.29, 0.717) is 27.1 Å². The number of carbonyl (C=O) groups is 3. The third-order valence-corrected chi connectivity index (χ3v) is 6.48. The summed E-state index contributed by atoms with van der Waals surface area (Å²) in [4.78, 5) is 39.0. The van der Waals surface area contributed by atoms with Crippen LogP contribution in [0.15, 0.2) is 71.4 Å². The molecule has 0 radical (unpaired) electrons. The van der Waals surface area contributed by atoms with Crippen molar-refractivity contribution in [1.29, 1.82) is 0 Å². The highest BCUT2D eigenvalue weighted by Gasteiger charge is 2.39. The molecule has 4 rings (SSSR count). The number of hydrogen-bond acceptors (Lipinski definition) is 4. The van der Waals surface area contributed by atoms with Gasteiger partial charge in [0.05, 0.1) is 12.1 Å². The number of hydrogen-bond donors (Lipinski definition) is 2. The summed E-state index contributed by atoms with van der Waals surface area (Å²) in [5, 5.41) is 6.61. The van der Waals surface area contributed by atoms with Gasteiger partial charge in [-0.25, -0.2) is 4.90 Å². The van der Waals surface area contributed by atoms with E-state index in [4.69, 9.17) is 34.8 Å². The van der Waals surface area contributed by atoms with Crippen molar-refractivity contribution in [2.75, 3.05) is 15.5 Å². The summed E-state index contributed by atoms with van der Waals surface area (Å²) in [6, 6.07) is 17.1. The predicted octanol–water partition coefficient (Wildman–Crippen LogP) is 6.23. The minimum Gasteiger partial charge on any atom is -0.350 e. The molecule has 0 aromatic heterocycles. The lowest BCUT2D eigenvalue weighted by molar-refractivity contribution is -0.120. The fourth-order valence-corrected chi connectivity index (χ4v) is 4.18. The summed E-state index contributed by atoms with van der Waals surface area (Å²) < 4.78 is 0. The number of halogens is 3. The smallest absolute Gasteiger partial charge is 0.283 e. The molecule has 0 aliphatic carbocycles. The van der Waals surface area contributed by atoms with Crippen molar-refractivity contribution < 1.29 is 14.4 Å². The van der Waals surface area contributed by atoms with Gasteiger partial charge in [0.1, 0.15) is 10.7 Å². The van der Waals surface area contributed by atoms with Crippen LogP contribution in [0.5, 0.6) is 0 Å². The van der Waals surface area contributed by atoms with Gasteiger partial charge < -0.3 is 10.6 Å². The summed E-state index contributed by atoms with van der Waals surface area (Å²) in [5.41, 5.74) is 4.01. The maximum atomic E-state index is 13.0. The molecule has 3 aromatic rings. The van der Waals surface area contributed by atoms with Crippen LogP contribution in [0, 0.1) is 13.8 Å². The van der Waals surface area contributed by atoms with E-state index >= 15 is 0 Å². The minimum absolute atomic E-state index is 0.0305. The van der Waals surface area contributed by atoms with Gasteiger partial charge in [-0.05, 0) is 73.0 Å². The second-order valence-electron chi connectivity index (χ2n) is 8.07. The molecule has 0 atom stereocenters. The zero-order valence-corrected chi connectivity index (χ0v) is 21.1. The van der Waals surface area contributed by atoms with E-state index in [1.165, 1.54) is 0 Å². The Morgan fingerprint density at radius 3 is 2.23 bits per heavy atom. The standard InChI is InChI=1S/C26H20Cl3N3O3/c1-14-3-9-19(13-20(14)28)32-25(34)23(29)24(26(32)35)30-18-7-4-16(5-8-18)12-22(33)31-21-10-6-17(27)11-15(21)2/h3-11,13,30H,12H2,1-2H3,(H,31,33). The van der Waals surface area contributed by atoms with Crippen molar-refractivity contribution in [2.24, 2.45) is 0 Å². The van der Waals surface area contributed by atoms with E-state index < -0.39 is 11.8 Å². The molecule has 0 saturated heterocycles. The maximum Gasteiger partial charge on any atom is 0.283 e. The van der Waals surface area contributed by atoms with Crippen molar-refractivity contribution >= 4 is 69.6 Å². The third-order valence-electron chi connectivity index (χ3n) is 5.49. The second-order valence-corrected chi connectivity index (χ2v) is 9.30. The lowest BCUT2D eigenvalue weighted by atomic mass is 10.1. The van der Waals surface area contributed by atoms with Crippen LogP contribution in [0.2, 0.25) is 10.0 Å². The van der Waals surface area contributed by atoms with Crippen LogP contribution < -0.4 is 15.5 Å². The van der Waals surface area contributed by atoms with Crippen LogP contribution in [-0.4, -0.2) is 17.7 Å². The summed E-state index contributed by atoms with van der Waals surface area (Å²) in [6.45, 7) is 3.69. The number of amides is 3. The average molecular weight is 529 g/mol. The Bertz CT molecular complexity index is 1380. The topological polar surface area (TPSA) is 78.5 Å². The Morgan fingerprint density at radius 2 is 1.57 bits per heavy atom. The van der Waals surface area contributed by atoms with Crippen LogP contribution in [0.4, 0.5) is 17.1 Å². The molecule has 9 heteroatoms. The number of anilines is 3. The first-order valence-corrected chi connectivity index (χ1v) is 11.7. The Kier molecular flexibility index (Phi) is 7.17. The van der Waals surface area contributed by atoms with Crippen LogP contribution in [0.1, 0.15) is 16.7 Å². The predicted molar refractivity (Wildman–Crippen MR) is 140 cm³/mol. The highest BCUT2D eigenvalue weighted by atomic mass is 35.5. The van der Waals surface area contributed by atoms with Crippen molar-refractivity contribution in [1.82, 2.24) is 0 Å². The Morgan fingerprint density at radius 1 is 0.857 bits per heavy atom. The van der Waals surface area contributed by atoms with Gasteiger partial charge >= 0.3 is 0 Å². The van der Waals surface area contributed by atoms with Crippen molar-refractivity contribution in [3.05, 3.63) is 98.1 Å². The number of rotatable bonds is 6. The molecule has 3 amide bonds. The first-order chi connectivity index (χ1) is 16.6. The van der Waals surface area contributed by atoms with Crippen LogP contribution >= 0.6 is 34.8 Å². The van der Waals surface area contributed by atoms with Gasteiger partial charge in [0, 0.05) is 21.4 Å². The number of nitrogens with zero attached hydrogens (tertiary/aromatic N) is 1. The third kappa shape index (κ3) is 5.35. The number of aryl methyl sites for hydroxylation is 2. The molecule has 0 fully saturated rings. The van der Waals surface area contributed by atoms with Gasteiger partial charge in [-0.2, -0.15) is 0 Å². The zero-order valence-electron chi connectivity index (χ0n) is 18.8. The molecule has 2 N–H and O–H groups in total. The van der Waals surface area contributed by atoms with Crippen molar-refractivity contribution in [3.8, 4) is 0 Å². The zero-order chi connectivity index (χ0) is 25.3. The molecule has 0 spiro atoms. The molecule has 1 heterocycles. The van der Waals surface area contributed by atoms with Crippen LogP contribution in [0.25, 0.3) is 0 Å². The molecular formula is C26H20Cl3N3O3. The first-order valence-electron chi connectivity index (χ1n) is 10.6. The van der Waals surface area contributed by atoms with Gasteiger partial charge in [-0.3, -0.25) is 14.4 Å². The first kappa shape index (κ1) is 24.8. The van der Waals surface area contributed by atoms with Crippen LogP contribution in [0.3, 0.4) is 0 Å². The average Bonchev–Trinajstić information content (AvgIpc) is 3.02. The monoisotopic (exact) mass is 527 g/mol. The van der Waals surface area contributed by atoms with E-state index in [-0.39, 0.29) is 23.1 Å². The van der Waals surface area contributed by atoms with Gasteiger partial charge in [0.15, 0.2) is 0 Å². The van der Waals surface area contributed by atoms with Gasteiger partial charge in [-0.15, -0.1) is 0 Å². The van der Waals surface area contributed by atoms with E-state index in [2.05, 4.69) is 10.6 Å². The molecular weight excluding hydrogens is 509 g/mol. The molecule has 0 saturated carbocycles. The summed E-state index contributed by atoms with van der Waals surface area (Å²) in [6.07, 6.45) is 0.158. The Hall–Kier alpha value is -3.32. The molecule has 1 aliphatic heterocycles. The SMILES string of the molecule is Cc1ccc(N2C(=O)C(Cl)=C(Nc3ccc(CC(=O)Nc4ccc(Cl)cc4C)cc3)C2=O)cc1Cl. The van der Waals surface area contributed by atoms with E-state index in [1.54, 1.807) is 60.7 Å². The quantitative estimate of drug-likeness (QED) is 0.372. The second kappa shape index (κ2) is 10.1. The molecule has 0 unspecified atom stereocenters. The maximum absolute atomic E-state index is 13.0. The highest BCUT2D eigenvalue weighted by Crippen LogP contribution is 2.32. The lowest BCUT2D eigenvalue weighted by Gasteiger charge is -2.16. The highest BCUT2D eigenvalue weighted by molar-refractivity contribution is 6.53. The summed E-state index contributed by atoms with van der Waals surface area (Å²) in [7, 11) is 0. The van der Waals surface area contributed by atoms with E-state index in [1.807, 2.05) is 13.8 Å². The molecule has 178 valence electrons. The lowest BCUT2D eigenvalue weighted by Crippen LogP contribution is -2.32. The van der Waals surface area contributed by atoms with Gasteiger partial charge in [-0.1, -0.05) is 53.0 Å². The number of benzene rings is 3. The molecule has 3 aromatic carbocycles. The van der Waals surface area contributed by atoms with Crippen molar-refractivity contribution in [2.45, 2.75) is 20.3 Å². The molecule has 0 bridgehead atoms. The van der Waals surface area contributed by atoms with Gasteiger partial charge in [0.2, 0.25) is 5.91 Å². The Balaban J connectivity index is 1.43. The number of imide groups is 1. The van der Waals surface area contributed by atoms with E-state index in [0.717, 1.165) is 21.6 Å². The number of carbonyl (C=O) groups excluding carboxylic acids is 3. The normalized spacial score (nSPS) is 13.5. The molecule has 35 heavy (non-hydrogen) atoms. The summed E-state index contributed by atoms with van der Waals surface area (Å²) >= 11 is 18.3. The minimum atomic E-state index is -0.634. The van der Waals surface area contributed by atoms with Crippen LogP contribution in [-0.2, 0) is 20.8 Å². The van der Waals surface area contributed by atoms with Gasteiger partial charge in [0.25, 0.3) is 11.8 Å². The van der Waals surface area contributed by atoms with E-state index in [9.17, 15) is 14.4 Å². The molecule has 6 nitrogen and oxygen atoms in total. The van der Waals surface area contributed by atoms with Crippen molar-refractivity contribution in [3.63, 3.8) is 0 Å². The fraction of sp³-hybridized carbons (Fsp3) is 0.115. The summed E-state index contributed by atoms with van der Waals surface area (Å²) in [5.74, 6) is -1.39. The molecule has 1 aliphatic rings.